The highest BCUT2D eigenvalue weighted by molar-refractivity contribution is 6.42. The Kier molecular flexibility index (Phi) is 3.31. The molecule has 1 atom stereocenters. The van der Waals surface area contributed by atoms with Crippen molar-refractivity contribution in [2.75, 3.05) is 36.8 Å². The van der Waals surface area contributed by atoms with E-state index in [9.17, 15) is 0 Å². The summed E-state index contributed by atoms with van der Waals surface area (Å²) in [5.74, 6) is 0. The van der Waals surface area contributed by atoms with Gasteiger partial charge in [-0.1, -0.05) is 23.2 Å². The van der Waals surface area contributed by atoms with Crippen LogP contribution in [0.3, 0.4) is 0 Å². The van der Waals surface area contributed by atoms with Crippen LogP contribution in [0, 0.1) is 0 Å². The van der Waals surface area contributed by atoms with Gasteiger partial charge in [-0.05, 0) is 31.5 Å². The molecule has 5 heteroatoms. The maximum Gasteiger partial charge on any atom is 0.0616 e. The molecule has 3 rings (SSSR count). The third kappa shape index (κ3) is 2.15. The van der Waals surface area contributed by atoms with Crippen LogP contribution < -0.4 is 10.6 Å². The number of benzene rings is 1. The van der Waals surface area contributed by atoms with Crippen molar-refractivity contribution in [3.8, 4) is 0 Å². The van der Waals surface area contributed by atoms with Crippen LogP contribution in [0.5, 0.6) is 0 Å². The number of anilines is 2. The molecule has 0 saturated carbocycles. The Morgan fingerprint density at radius 2 is 1.89 bits per heavy atom. The molecule has 3 nitrogen and oxygen atoms in total. The predicted octanol–water partition coefficient (Wildman–Crippen LogP) is 2.86. The lowest BCUT2D eigenvalue weighted by molar-refractivity contribution is 0.231. The Morgan fingerprint density at radius 1 is 1.11 bits per heavy atom. The van der Waals surface area contributed by atoms with E-state index in [0.717, 1.165) is 31.0 Å². The van der Waals surface area contributed by atoms with Gasteiger partial charge in [-0.25, -0.2) is 0 Å². The minimum atomic E-state index is 0.525. The van der Waals surface area contributed by atoms with Gasteiger partial charge in [-0.15, -0.1) is 0 Å². The molecule has 2 aliphatic heterocycles. The molecule has 2 heterocycles. The third-order valence-corrected chi connectivity index (χ3v) is 4.72. The van der Waals surface area contributed by atoms with E-state index >= 15 is 0 Å². The zero-order chi connectivity index (χ0) is 12.7. The Morgan fingerprint density at radius 3 is 2.72 bits per heavy atom. The van der Waals surface area contributed by atoms with E-state index in [0.29, 0.717) is 16.1 Å². The number of nitrogens with two attached hydrogens (primary N) is 1. The topological polar surface area (TPSA) is 32.5 Å². The SMILES string of the molecule is Nc1cc(Cl)c(Cl)cc1N1CCN2CCCC2C1. The van der Waals surface area contributed by atoms with Crippen molar-refractivity contribution in [3.05, 3.63) is 22.2 Å². The molecule has 1 aromatic carbocycles. The minimum absolute atomic E-state index is 0.525. The summed E-state index contributed by atoms with van der Waals surface area (Å²) >= 11 is 12.1. The standard InChI is InChI=1S/C13H17Cl2N3/c14-10-6-12(16)13(7-11(10)15)18-5-4-17-3-1-2-9(17)8-18/h6-7,9H,1-5,8,16H2. The zero-order valence-electron chi connectivity index (χ0n) is 10.2. The van der Waals surface area contributed by atoms with Gasteiger partial charge in [0.2, 0.25) is 0 Å². The van der Waals surface area contributed by atoms with Crippen molar-refractivity contribution < 1.29 is 0 Å². The lowest BCUT2D eigenvalue weighted by atomic mass is 10.1. The second-order valence-electron chi connectivity index (χ2n) is 5.10. The Labute approximate surface area is 117 Å². The van der Waals surface area contributed by atoms with Crippen molar-refractivity contribution in [2.45, 2.75) is 18.9 Å². The molecule has 2 N–H and O–H groups in total. The maximum atomic E-state index is 6.09. The number of nitrogens with zero attached hydrogens (tertiary/aromatic N) is 2. The average Bonchev–Trinajstić information content (AvgIpc) is 2.80. The number of halogens is 2. The maximum absolute atomic E-state index is 6.09. The first-order chi connectivity index (χ1) is 8.65. The van der Waals surface area contributed by atoms with Crippen molar-refractivity contribution in [1.82, 2.24) is 4.90 Å². The van der Waals surface area contributed by atoms with E-state index in [1.807, 2.05) is 6.07 Å². The largest absolute Gasteiger partial charge is 0.397 e. The van der Waals surface area contributed by atoms with Crippen molar-refractivity contribution in [3.63, 3.8) is 0 Å². The van der Waals surface area contributed by atoms with E-state index in [2.05, 4.69) is 9.80 Å². The summed E-state index contributed by atoms with van der Waals surface area (Å²) in [5.41, 5.74) is 7.80. The van der Waals surface area contributed by atoms with Gasteiger partial charge in [-0.3, -0.25) is 4.90 Å². The molecule has 2 saturated heterocycles. The van der Waals surface area contributed by atoms with Crippen LogP contribution >= 0.6 is 23.2 Å². The van der Waals surface area contributed by atoms with Crippen molar-refractivity contribution in [1.29, 1.82) is 0 Å². The summed E-state index contributed by atoms with van der Waals surface area (Å²) < 4.78 is 0. The molecule has 1 aromatic rings. The Balaban J connectivity index is 1.84. The monoisotopic (exact) mass is 285 g/mol. The molecular weight excluding hydrogens is 269 g/mol. The van der Waals surface area contributed by atoms with E-state index < -0.39 is 0 Å². The normalized spacial score (nSPS) is 24.3. The summed E-state index contributed by atoms with van der Waals surface area (Å²) in [6.45, 7) is 4.42. The molecule has 2 fully saturated rings. The molecule has 0 spiro atoms. The summed E-state index contributed by atoms with van der Waals surface area (Å²) in [5, 5.41) is 1.10. The lowest BCUT2D eigenvalue weighted by Crippen LogP contribution is -2.50. The smallest absolute Gasteiger partial charge is 0.0616 e. The summed E-state index contributed by atoms with van der Waals surface area (Å²) in [6.07, 6.45) is 2.60. The molecule has 0 bridgehead atoms. The van der Waals surface area contributed by atoms with Gasteiger partial charge in [0.15, 0.2) is 0 Å². The fourth-order valence-electron chi connectivity index (χ4n) is 3.04. The number of hydrogen-bond acceptors (Lipinski definition) is 3. The Bertz CT molecular complexity index is 464. The van der Waals surface area contributed by atoms with Gasteiger partial charge in [0.1, 0.15) is 0 Å². The van der Waals surface area contributed by atoms with Crippen LogP contribution in [0.1, 0.15) is 12.8 Å². The fourth-order valence-corrected chi connectivity index (χ4v) is 3.37. The number of fused-ring (bicyclic) bond motifs is 1. The molecule has 1 unspecified atom stereocenters. The van der Waals surface area contributed by atoms with E-state index in [1.54, 1.807) is 6.07 Å². The molecular formula is C13H17Cl2N3. The highest BCUT2D eigenvalue weighted by Gasteiger charge is 2.31. The fraction of sp³-hybridized carbons (Fsp3) is 0.538. The second kappa shape index (κ2) is 4.80. The van der Waals surface area contributed by atoms with Crippen LogP contribution in [0.4, 0.5) is 11.4 Å². The molecule has 18 heavy (non-hydrogen) atoms. The summed E-state index contributed by atoms with van der Waals surface area (Å²) in [6, 6.07) is 4.32. The predicted molar refractivity (Wildman–Crippen MR) is 77.7 cm³/mol. The highest BCUT2D eigenvalue weighted by Crippen LogP contribution is 2.35. The van der Waals surface area contributed by atoms with E-state index in [-0.39, 0.29) is 0 Å². The van der Waals surface area contributed by atoms with E-state index in [4.69, 9.17) is 28.9 Å². The second-order valence-corrected chi connectivity index (χ2v) is 5.92. The van der Waals surface area contributed by atoms with Crippen molar-refractivity contribution >= 4 is 34.6 Å². The minimum Gasteiger partial charge on any atom is -0.397 e. The molecule has 2 aliphatic rings. The quantitative estimate of drug-likeness (QED) is 0.806. The Hall–Kier alpha value is -0.640. The van der Waals surface area contributed by atoms with Gasteiger partial charge < -0.3 is 10.6 Å². The summed E-state index contributed by atoms with van der Waals surface area (Å²) in [4.78, 5) is 4.91. The lowest BCUT2D eigenvalue weighted by Gasteiger charge is -2.39. The first-order valence-corrected chi connectivity index (χ1v) is 7.14. The highest BCUT2D eigenvalue weighted by atomic mass is 35.5. The van der Waals surface area contributed by atoms with Gasteiger partial charge in [-0.2, -0.15) is 0 Å². The molecule has 0 aromatic heterocycles. The number of hydrogen-bond donors (Lipinski definition) is 1. The van der Waals surface area contributed by atoms with Crippen LogP contribution in [-0.2, 0) is 0 Å². The molecule has 0 amide bonds. The van der Waals surface area contributed by atoms with Crippen molar-refractivity contribution in [2.24, 2.45) is 0 Å². The van der Waals surface area contributed by atoms with Crippen LogP contribution in [0.25, 0.3) is 0 Å². The molecule has 0 radical (unpaired) electrons. The van der Waals surface area contributed by atoms with E-state index in [1.165, 1.54) is 19.4 Å². The van der Waals surface area contributed by atoms with Crippen LogP contribution in [0.2, 0.25) is 10.0 Å². The number of piperazine rings is 1. The third-order valence-electron chi connectivity index (χ3n) is 4.00. The van der Waals surface area contributed by atoms with Crippen LogP contribution in [0.15, 0.2) is 12.1 Å². The average molecular weight is 286 g/mol. The van der Waals surface area contributed by atoms with Gasteiger partial charge in [0, 0.05) is 25.7 Å². The first kappa shape index (κ1) is 12.4. The number of rotatable bonds is 1. The zero-order valence-corrected chi connectivity index (χ0v) is 11.7. The first-order valence-electron chi connectivity index (χ1n) is 6.38. The summed E-state index contributed by atoms with van der Waals surface area (Å²) in [7, 11) is 0. The van der Waals surface area contributed by atoms with Gasteiger partial charge >= 0.3 is 0 Å². The van der Waals surface area contributed by atoms with Crippen LogP contribution in [-0.4, -0.2) is 37.1 Å². The van der Waals surface area contributed by atoms with Gasteiger partial charge in [0.05, 0.1) is 21.4 Å². The molecule has 98 valence electrons. The molecule has 0 aliphatic carbocycles. The number of nitrogen functional groups attached to an aromatic ring is 1. The van der Waals surface area contributed by atoms with Gasteiger partial charge in [0.25, 0.3) is 0 Å².